The van der Waals surface area contributed by atoms with Gasteiger partial charge in [-0.05, 0) is 67.1 Å². The summed E-state index contributed by atoms with van der Waals surface area (Å²) in [4.78, 5) is 0. The molecule has 0 fully saturated rings. The Kier molecular flexibility index (Phi) is 2.72. The van der Waals surface area contributed by atoms with Gasteiger partial charge >= 0.3 is 0 Å². The first kappa shape index (κ1) is 10.3. The summed E-state index contributed by atoms with van der Waals surface area (Å²) >= 11 is 0. The van der Waals surface area contributed by atoms with Gasteiger partial charge in [0.15, 0.2) is 0 Å². The number of aliphatic hydroxyl groups is 1. The van der Waals surface area contributed by atoms with Crippen LogP contribution in [0.2, 0.25) is 0 Å². The monoisotopic (exact) mass is 216 g/mol. The zero-order valence-electron chi connectivity index (χ0n) is 9.78. The van der Waals surface area contributed by atoms with Crippen LogP contribution in [0.3, 0.4) is 0 Å². The topological polar surface area (TPSA) is 20.2 Å². The molecule has 1 heteroatoms. The van der Waals surface area contributed by atoms with Crippen LogP contribution in [-0.2, 0) is 6.42 Å². The van der Waals surface area contributed by atoms with Gasteiger partial charge in [-0.25, -0.2) is 0 Å². The Morgan fingerprint density at radius 3 is 3.00 bits per heavy atom. The SMILES string of the molecule is OCCC1CCC2CCCc3cccc1c32. The minimum atomic E-state index is 0.332. The van der Waals surface area contributed by atoms with Gasteiger partial charge in [0.2, 0.25) is 0 Å². The third kappa shape index (κ3) is 1.58. The largest absolute Gasteiger partial charge is 0.396 e. The maximum absolute atomic E-state index is 9.15. The molecule has 2 unspecified atom stereocenters. The van der Waals surface area contributed by atoms with Gasteiger partial charge in [0, 0.05) is 6.61 Å². The fourth-order valence-corrected chi connectivity index (χ4v) is 3.69. The normalized spacial score (nSPS) is 27.6. The Morgan fingerprint density at radius 2 is 2.12 bits per heavy atom. The number of rotatable bonds is 2. The molecule has 0 bridgehead atoms. The highest BCUT2D eigenvalue weighted by Crippen LogP contribution is 2.46. The summed E-state index contributed by atoms with van der Waals surface area (Å²) in [5, 5.41) is 9.15. The molecule has 1 aromatic rings. The molecule has 0 aromatic heterocycles. The van der Waals surface area contributed by atoms with E-state index in [4.69, 9.17) is 5.11 Å². The third-order valence-electron chi connectivity index (χ3n) is 4.42. The van der Waals surface area contributed by atoms with Crippen LogP contribution in [0.4, 0.5) is 0 Å². The molecule has 2 aliphatic rings. The first-order valence-electron chi connectivity index (χ1n) is 6.62. The van der Waals surface area contributed by atoms with Crippen LogP contribution < -0.4 is 0 Å². The van der Waals surface area contributed by atoms with E-state index in [9.17, 15) is 0 Å². The zero-order chi connectivity index (χ0) is 11.0. The van der Waals surface area contributed by atoms with E-state index in [0.717, 1.165) is 12.3 Å². The minimum absolute atomic E-state index is 0.332. The number of aryl methyl sites for hydroxylation is 1. The van der Waals surface area contributed by atoms with Gasteiger partial charge in [0.05, 0.1) is 0 Å². The molecular weight excluding hydrogens is 196 g/mol. The number of hydrogen-bond donors (Lipinski definition) is 1. The predicted molar refractivity (Wildman–Crippen MR) is 65.8 cm³/mol. The molecule has 86 valence electrons. The highest BCUT2D eigenvalue weighted by Gasteiger charge is 2.30. The fourth-order valence-electron chi connectivity index (χ4n) is 3.69. The molecule has 0 spiro atoms. The highest BCUT2D eigenvalue weighted by atomic mass is 16.3. The van der Waals surface area contributed by atoms with Crippen LogP contribution in [0, 0.1) is 0 Å². The van der Waals surface area contributed by atoms with Crippen LogP contribution >= 0.6 is 0 Å². The van der Waals surface area contributed by atoms with Gasteiger partial charge in [-0.3, -0.25) is 0 Å². The molecule has 0 heterocycles. The van der Waals surface area contributed by atoms with Gasteiger partial charge < -0.3 is 5.11 Å². The smallest absolute Gasteiger partial charge is 0.0436 e. The maximum Gasteiger partial charge on any atom is 0.0436 e. The van der Waals surface area contributed by atoms with Crippen molar-refractivity contribution in [3.8, 4) is 0 Å². The number of hydrogen-bond acceptors (Lipinski definition) is 1. The molecule has 1 N–H and O–H groups in total. The quantitative estimate of drug-likeness (QED) is 0.803. The van der Waals surface area contributed by atoms with E-state index in [-0.39, 0.29) is 0 Å². The van der Waals surface area contributed by atoms with Crippen LogP contribution in [0.25, 0.3) is 0 Å². The second kappa shape index (κ2) is 4.21. The molecule has 3 rings (SSSR count). The lowest BCUT2D eigenvalue weighted by atomic mass is 9.69. The van der Waals surface area contributed by atoms with Gasteiger partial charge in [0.1, 0.15) is 0 Å². The van der Waals surface area contributed by atoms with Crippen LogP contribution in [0.5, 0.6) is 0 Å². The van der Waals surface area contributed by atoms with Crippen molar-refractivity contribution in [1.82, 2.24) is 0 Å². The Labute approximate surface area is 97.5 Å². The average Bonchev–Trinajstić information content (AvgIpc) is 2.33. The Balaban J connectivity index is 2.04. The Morgan fingerprint density at radius 1 is 1.19 bits per heavy atom. The van der Waals surface area contributed by atoms with E-state index < -0.39 is 0 Å². The van der Waals surface area contributed by atoms with Crippen molar-refractivity contribution in [3.05, 3.63) is 34.9 Å². The average molecular weight is 216 g/mol. The van der Waals surface area contributed by atoms with E-state index in [1.54, 1.807) is 16.7 Å². The van der Waals surface area contributed by atoms with Crippen LogP contribution in [0.15, 0.2) is 18.2 Å². The summed E-state index contributed by atoms with van der Waals surface area (Å²) in [6, 6.07) is 6.83. The number of aliphatic hydroxyl groups excluding tert-OH is 1. The molecule has 1 aromatic carbocycles. The van der Waals surface area contributed by atoms with Crippen molar-refractivity contribution in [2.24, 2.45) is 0 Å². The van der Waals surface area contributed by atoms with Crippen LogP contribution in [0.1, 0.15) is 60.6 Å². The van der Waals surface area contributed by atoms with E-state index >= 15 is 0 Å². The predicted octanol–water partition coefficient (Wildman–Crippen LogP) is 3.37. The second-order valence-electron chi connectivity index (χ2n) is 5.30. The lowest BCUT2D eigenvalue weighted by Crippen LogP contribution is -2.20. The first-order chi connectivity index (χ1) is 7.90. The molecule has 2 aliphatic carbocycles. The third-order valence-corrected chi connectivity index (χ3v) is 4.42. The van der Waals surface area contributed by atoms with Gasteiger partial charge in [0.25, 0.3) is 0 Å². The second-order valence-corrected chi connectivity index (χ2v) is 5.30. The summed E-state index contributed by atoms with van der Waals surface area (Å²) in [6.07, 6.45) is 7.59. The Bertz CT molecular complexity index is 383. The fraction of sp³-hybridized carbons (Fsp3) is 0.600. The van der Waals surface area contributed by atoms with Gasteiger partial charge in [-0.2, -0.15) is 0 Å². The van der Waals surface area contributed by atoms with E-state index in [1.807, 2.05) is 0 Å². The molecule has 0 radical (unpaired) electrons. The van der Waals surface area contributed by atoms with Crippen LogP contribution in [-0.4, -0.2) is 11.7 Å². The summed E-state index contributed by atoms with van der Waals surface area (Å²) in [5.41, 5.74) is 4.82. The van der Waals surface area contributed by atoms with Crippen molar-refractivity contribution in [1.29, 1.82) is 0 Å². The minimum Gasteiger partial charge on any atom is -0.396 e. The molecule has 0 aliphatic heterocycles. The molecule has 2 atom stereocenters. The molecule has 0 amide bonds. The lowest BCUT2D eigenvalue weighted by molar-refractivity contribution is 0.265. The van der Waals surface area contributed by atoms with Gasteiger partial charge in [-0.15, -0.1) is 0 Å². The standard InChI is InChI=1S/C15H20O/c16-10-9-11-7-8-13-4-1-3-12-5-2-6-14(11)15(12)13/h2,5-6,11,13,16H,1,3-4,7-10H2. The Hall–Kier alpha value is -0.820. The molecular formula is C15H20O. The van der Waals surface area contributed by atoms with Crippen molar-refractivity contribution in [2.75, 3.05) is 6.61 Å². The number of benzene rings is 1. The maximum atomic E-state index is 9.15. The molecule has 16 heavy (non-hydrogen) atoms. The molecule has 0 saturated carbocycles. The van der Waals surface area contributed by atoms with Crippen molar-refractivity contribution >= 4 is 0 Å². The summed E-state index contributed by atoms with van der Waals surface area (Å²) in [5.74, 6) is 1.45. The van der Waals surface area contributed by atoms with Crippen molar-refractivity contribution in [3.63, 3.8) is 0 Å². The van der Waals surface area contributed by atoms with E-state index in [0.29, 0.717) is 12.5 Å². The zero-order valence-corrected chi connectivity index (χ0v) is 9.78. The highest BCUT2D eigenvalue weighted by molar-refractivity contribution is 5.43. The summed E-state index contributed by atoms with van der Waals surface area (Å²) in [7, 11) is 0. The molecule has 1 nitrogen and oxygen atoms in total. The van der Waals surface area contributed by atoms with Crippen molar-refractivity contribution in [2.45, 2.75) is 50.4 Å². The van der Waals surface area contributed by atoms with Crippen molar-refractivity contribution < 1.29 is 5.11 Å². The first-order valence-corrected chi connectivity index (χ1v) is 6.62. The van der Waals surface area contributed by atoms with E-state index in [2.05, 4.69) is 18.2 Å². The van der Waals surface area contributed by atoms with Gasteiger partial charge in [-0.1, -0.05) is 18.2 Å². The molecule has 0 saturated heterocycles. The summed E-state index contributed by atoms with van der Waals surface area (Å²) < 4.78 is 0. The summed E-state index contributed by atoms with van der Waals surface area (Å²) in [6.45, 7) is 0.332. The lowest BCUT2D eigenvalue weighted by Gasteiger charge is -2.36. The van der Waals surface area contributed by atoms with E-state index in [1.165, 1.54) is 32.1 Å².